The van der Waals surface area contributed by atoms with E-state index in [1.807, 2.05) is 4.90 Å². The largest absolute Gasteiger partial charge is 0.379 e. The van der Waals surface area contributed by atoms with Gasteiger partial charge in [-0.3, -0.25) is 4.79 Å². The van der Waals surface area contributed by atoms with Crippen LogP contribution in [0.5, 0.6) is 0 Å². The van der Waals surface area contributed by atoms with Crippen molar-refractivity contribution < 1.29 is 14.3 Å². The first-order valence-electron chi connectivity index (χ1n) is 6.82. The number of piperidine rings is 1. The number of nitrogens with one attached hydrogen (secondary N) is 1. The van der Waals surface area contributed by atoms with E-state index in [4.69, 9.17) is 9.47 Å². The van der Waals surface area contributed by atoms with Crippen LogP contribution < -0.4 is 5.32 Å². The zero-order valence-electron chi connectivity index (χ0n) is 11.4. The molecule has 2 aliphatic heterocycles. The second-order valence-corrected chi connectivity index (χ2v) is 5.31. The summed E-state index contributed by atoms with van der Waals surface area (Å²) in [5, 5.41) is 3.32. The first kappa shape index (κ1) is 13.8. The Morgan fingerprint density at radius 3 is 3.06 bits per heavy atom. The van der Waals surface area contributed by atoms with Gasteiger partial charge in [-0.2, -0.15) is 0 Å². The lowest BCUT2D eigenvalue weighted by Crippen LogP contribution is -2.50. The van der Waals surface area contributed by atoms with Crippen molar-refractivity contribution in [3.8, 4) is 0 Å². The average Bonchev–Trinajstić information content (AvgIpc) is 2.40. The Bertz CT molecular complexity index is 279. The Morgan fingerprint density at radius 1 is 1.56 bits per heavy atom. The standard InChI is InChI=1S/C13H24N2O3/c1-10-3-5-15(8-12(10)17-2)13(16)7-11-9-18-6-4-14-11/h10-12,14H,3-9H2,1-2H3. The average molecular weight is 256 g/mol. The van der Waals surface area contributed by atoms with Crippen molar-refractivity contribution in [2.45, 2.75) is 31.9 Å². The van der Waals surface area contributed by atoms with Gasteiger partial charge in [0.1, 0.15) is 0 Å². The monoisotopic (exact) mass is 256 g/mol. The summed E-state index contributed by atoms with van der Waals surface area (Å²) < 4.78 is 10.8. The number of ether oxygens (including phenoxy) is 2. The van der Waals surface area contributed by atoms with Crippen molar-refractivity contribution in [3.63, 3.8) is 0 Å². The van der Waals surface area contributed by atoms with Crippen LogP contribution in [0.2, 0.25) is 0 Å². The highest BCUT2D eigenvalue weighted by atomic mass is 16.5. The lowest BCUT2D eigenvalue weighted by Gasteiger charge is -2.37. The number of carbonyl (C=O) groups is 1. The summed E-state index contributed by atoms with van der Waals surface area (Å²) in [6.07, 6.45) is 1.74. The van der Waals surface area contributed by atoms with Crippen molar-refractivity contribution in [3.05, 3.63) is 0 Å². The summed E-state index contributed by atoms with van der Waals surface area (Å²) >= 11 is 0. The van der Waals surface area contributed by atoms with Crippen LogP contribution in [0.3, 0.4) is 0 Å². The molecule has 1 N–H and O–H groups in total. The Kier molecular flexibility index (Phi) is 4.97. The number of hydrogen-bond donors (Lipinski definition) is 1. The van der Waals surface area contributed by atoms with Crippen molar-refractivity contribution in [1.29, 1.82) is 0 Å². The van der Waals surface area contributed by atoms with Gasteiger partial charge in [-0.1, -0.05) is 6.92 Å². The van der Waals surface area contributed by atoms with Crippen LogP contribution in [0.15, 0.2) is 0 Å². The molecule has 2 rings (SSSR count). The summed E-state index contributed by atoms with van der Waals surface area (Å²) in [4.78, 5) is 14.1. The third-order valence-corrected chi connectivity index (χ3v) is 3.96. The topological polar surface area (TPSA) is 50.8 Å². The van der Waals surface area contributed by atoms with Gasteiger partial charge < -0.3 is 19.7 Å². The first-order chi connectivity index (χ1) is 8.70. The Morgan fingerprint density at radius 2 is 2.39 bits per heavy atom. The van der Waals surface area contributed by atoms with E-state index in [0.29, 0.717) is 18.9 Å². The van der Waals surface area contributed by atoms with E-state index in [9.17, 15) is 4.79 Å². The van der Waals surface area contributed by atoms with E-state index in [0.717, 1.165) is 32.7 Å². The van der Waals surface area contributed by atoms with Crippen LogP contribution >= 0.6 is 0 Å². The van der Waals surface area contributed by atoms with E-state index in [1.165, 1.54) is 0 Å². The van der Waals surface area contributed by atoms with E-state index >= 15 is 0 Å². The van der Waals surface area contributed by atoms with E-state index in [1.54, 1.807) is 7.11 Å². The molecule has 3 unspecified atom stereocenters. The molecule has 0 aromatic rings. The Balaban J connectivity index is 1.81. The quantitative estimate of drug-likeness (QED) is 0.786. The SMILES string of the molecule is COC1CN(C(=O)CC2COCCN2)CCC1C. The van der Waals surface area contributed by atoms with Gasteiger partial charge in [0.05, 0.1) is 19.3 Å². The maximum Gasteiger partial charge on any atom is 0.224 e. The van der Waals surface area contributed by atoms with Crippen LogP contribution in [0.4, 0.5) is 0 Å². The third kappa shape index (κ3) is 3.43. The molecule has 2 saturated heterocycles. The molecule has 0 spiro atoms. The highest BCUT2D eigenvalue weighted by molar-refractivity contribution is 5.77. The van der Waals surface area contributed by atoms with Crippen molar-refractivity contribution >= 4 is 5.91 Å². The van der Waals surface area contributed by atoms with Crippen LogP contribution in [-0.2, 0) is 14.3 Å². The second kappa shape index (κ2) is 6.50. The number of nitrogens with zero attached hydrogens (tertiary/aromatic N) is 1. The fourth-order valence-corrected chi connectivity index (χ4v) is 2.66. The number of rotatable bonds is 3. The van der Waals surface area contributed by atoms with Crippen molar-refractivity contribution in [1.82, 2.24) is 10.2 Å². The minimum Gasteiger partial charge on any atom is -0.379 e. The van der Waals surface area contributed by atoms with Gasteiger partial charge in [0.15, 0.2) is 0 Å². The van der Waals surface area contributed by atoms with Crippen molar-refractivity contribution in [2.75, 3.05) is 40.0 Å². The molecule has 18 heavy (non-hydrogen) atoms. The normalized spacial score (nSPS) is 33.4. The van der Waals surface area contributed by atoms with Gasteiger partial charge in [0.2, 0.25) is 5.91 Å². The summed E-state index contributed by atoms with van der Waals surface area (Å²) in [5.74, 6) is 0.752. The molecule has 0 bridgehead atoms. The molecular formula is C13H24N2O3. The molecule has 0 aromatic heterocycles. The summed E-state index contributed by atoms with van der Waals surface area (Å²) in [6.45, 7) is 6.00. The zero-order chi connectivity index (χ0) is 13.0. The predicted octanol–water partition coefficient (Wildman–Crippen LogP) is 0.248. The maximum atomic E-state index is 12.2. The lowest BCUT2D eigenvalue weighted by molar-refractivity contribution is -0.137. The fourth-order valence-electron chi connectivity index (χ4n) is 2.66. The number of carbonyl (C=O) groups excluding carboxylic acids is 1. The van der Waals surface area contributed by atoms with Crippen LogP contribution in [0, 0.1) is 5.92 Å². The van der Waals surface area contributed by atoms with E-state index in [-0.39, 0.29) is 18.1 Å². The zero-order valence-corrected chi connectivity index (χ0v) is 11.4. The van der Waals surface area contributed by atoms with Crippen molar-refractivity contribution in [2.24, 2.45) is 5.92 Å². The van der Waals surface area contributed by atoms with Gasteiger partial charge >= 0.3 is 0 Å². The number of methoxy groups -OCH3 is 1. The molecule has 104 valence electrons. The van der Waals surface area contributed by atoms with Gasteiger partial charge in [-0.05, 0) is 12.3 Å². The molecule has 1 amide bonds. The van der Waals surface area contributed by atoms with Gasteiger partial charge in [-0.15, -0.1) is 0 Å². The molecular weight excluding hydrogens is 232 g/mol. The van der Waals surface area contributed by atoms with Crippen LogP contribution in [-0.4, -0.2) is 62.9 Å². The number of amides is 1. The molecule has 2 fully saturated rings. The first-order valence-corrected chi connectivity index (χ1v) is 6.82. The Hall–Kier alpha value is -0.650. The van der Waals surface area contributed by atoms with E-state index in [2.05, 4.69) is 12.2 Å². The van der Waals surface area contributed by atoms with Gasteiger partial charge in [0.25, 0.3) is 0 Å². The molecule has 5 heteroatoms. The highest BCUT2D eigenvalue weighted by Gasteiger charge is 2.29. The summed E-state index contributed by atoms with van der Waals surface area (Å²) in [6, 6.07) is 0.173. The molecule has 0 aliphatic carbocycles. The van der Waals surface area contributed by atoms with E-state index < -0.39 is 0 Å². The summed E-state index contributed by atoms with van der Waals surface area (Å²) in [7, 11) is 1.73. The molecule has 0 radical (unpaired) electrons. The van der Waals surface area contributed by atoms with Gasteiger partial charge in [0, 0.05) is 39.2 Å². The fraction of sp³-hybridized carbons (Fsp3) is 0.923. The predicted molar refractivity (Wildman–Crippen MR) is 68.4 cm³/mol. The maximum absolute atomic E-state index is 12.2. The number of morpholine rings is 1. The molecule has 3 atom stereocenters. The number of likely N-dealkylation sites (tertiary alicyclic amines) is 1. The summed E-state index contributed by atoms with van der Waals surface area (Å²) in [5.41, 5.74) is 0. The molecule has 2 heterocycles. The lowest BCUT2D eigenvalue weighted by atomic mass is 9.95. The highest BCUT2D eigenvalue weighted by Crippen LogP contribution is 2.20. The second-order valence-electron chi connectivity index (χ2n) is 5.31. The smallest absolute Gasteiger partial charge is 0.224 e. The Labute approximate surface area is 109 Å². The molecule has 0 aromatic carbocycles. The van der Waals surface area contributed by atoms with Crippen LogP contribution in [0.1, 0.15) is 19.8 Å². The minimum absolute atomic E-state index is 0.173. The molecule has 0 saturated carbocycles. The number of hydrogen-bond acceptors (Lipinski definition) is 4. The van der Waals surface area contributed by atoms with Gasteiger partial charge in [-0.25, -0.2) is 0 Å². The van der Waals surface area contributed by atoms with Crippen LogP contribution in [0.25, 0.3) is 0 Å². The molecule has 2 aliphatic rings. The molecule has 5 nitrogen and oxygen atoms in total. The third-order valence-electron chi connectivity index (χ3n) is 3.96. The minimum atomic E-state index is 0.173.